The highest BCUT2D eigenvalue weighted by atomic mass is 35.5. The van der Waals surface area contributed by atoms with Crippen LogP contribution in [0, 0.1) is 0 Å². The van der Waals surface area contributed by atoms with Crippen LogP contribution in [0.3, 0.4) is 0 Å². The van der Waals surface area contributed by atoms with Gasteiger partial charge in [0.05, 0.1) is 16.3 Å². The summed E-state index contributed by atoms with van der Waals surface area (Å²) >= 11 is 12.1. The molecule has 0 spiro atoms. The van der Waals surface area contributed by atoms with Crippen LogP contribution in [0.2, 0.25) is 10.0 Å². The van der Waals surface area contributed by atoms with Gasteiger partial charge in [0.25, 0.3) is 5.91 Å². The van der Waals surface area contributed by atoms with E-state index in [0.29, 0.717) is 28.8 Å². The third-order valence-corrected chi connectivity index (χ3v) is 4.53. The van der Waals surface area contributed by atoms with Gasteiger partial charge in [0.2, 0.25) is 0 Å². The SMILES string of the molecule is O=C(NCCc1cccc(Cl)c1Cl)c1occc1-c1ccccc1. The lowest BCUT2D eigenvalue weighted by Gasteiger charge is -2.08. The summed E-state index contributed by atoms with van der Waals surface area (Å²) in [5, 5.41) is 3.89. The van der Waals surface area contributed by atoms with Crippen molar-refractivity contribution in [2.75, 3.05) is 6.54 Å². The van der Waals surface area contributed by atoms with Gasteiger partial charge in [-0.2, -0.15) is 0 Å². The van der Waals surface area contributed by atoms with Crippen molar-refractivity contribution in [2.45, 2.75) is 6.42 Å². The molecule has 0 saturated carbocycles. The average molecular weight is 360 g/mol. The number of rotatable bonds is 5. The molecule has 3 rings (SSSR count). The number of halogens is 2. The second-order valence-corrected chi connectivity index (χ2v) is 6.03. The fraction of sp³-hybridized carbons (Fsp3) is 0.105. The Bertz CT molecular complexity index is 844. The molecule has 0 bridgehead atoms. The van der Waals surface area contributed by atoms with Crippen molar-refractivity contribution >= 4 is 29.1 Å². The van der Waals surface area contributed by atoms with Crippen molar-refractivity contribution in [1.82, 2.24) is 5.32 Å². The Morgan fingerprint density at radius 2 is 1.79 bits per heavy atom. The molecule has 0 unspecified atom stereocenters. The number of hydrogen-bond donors (Lipinski definition) is 1. The summed E-state index contributed by atoms with van der Waals surface area (Å²) in [6.45, 7) is 0.438. The molecule has 0 saturated heterocycles. The Kier molecular flexibility index (Phi) is 5.24. The Morgan fingerprint density at radius 1 is 1.00 bits per heavy atom. The number of carbonyl (C=O) groups excluding carboxylic acids is 1. The van der Waals surface area contributed by atoms with Crippen LogP contribution < -0.4 is 5.32 Å². The van der Waals surface area contributed by atoms with Gasteiger partial charge in [0.1, 0.15) is 0 Å². The van der Waals surface area contributed by atoms with Crippen LogP contribution in [0.5, 0.6) is 0 Å². The zero-order chi connectivity index (χ0) is 16.9. The van der Waals surface area contributed by atoms with E-state index in [2.05, 4.69) is 5.32 Å². The number of benzene rings is 2. The summed E-state index contributed by atoms with van der Waals surface area (Å²) < 4.78 is 5.37. The third kappa shape index (κ3) is 3.64. The molecule has 0 atom stereocenters. The lowest BCUT2D eigenvalue weighted by Crippen LogP contribution is -2.25. The molecule has 3 nitrogen and oxygen atoms in total. The quantitative estimate of drug-likeness (QED) is 0.677. The molecule has 122 valence electrons. The molecule has 3 aromatic rings. The fourth-order valence-corrected chi connectivity index (χ4v) is 2.88. The summed E-state index contributed by atoms with van der Waals surface area (Å²) in [7, 11) is 0. The molecule has 1 aromatic heterocycles. The summed E-state index contributed by atoms with van der Waals surface area (Å²) in [4.78, 5) is 12.4. The van der Waals surface area contributed by atoms with Gasteiger partial charge >= 0.3 is 0 Å². The number of hydrogen-bond acceptors (Lipinski definition) is 2. The van der Waals surface area contributed by atoms with Crippen LogP contribution in [-0.4, -0.2) is 12.5 Å². The Hall–Kier alpha value is -2.23. The predicted octanol–water partition coefficient (Wildman–Crippen LogP) is 5.23. The molecular weight excluding hydrogens is 345 g/mol. The Labute approximate surface area is 150 Å². The monoisotopic (exact) mass is 359 g/mol. The molecule has 0 aliphatic carbocycles. The zero-order valence-corrected chi connectivity index (χ0v) is 14.3. The number of furan rings is 1. The molecule has 24 heavy (non-hydrogen) atoms. The normalized spacial score (nSPS) is 10.6. The van der Waals surface area contributed by atoms with Gasteiger partial charge in [-0.1, -0.05) is 65.7 Å². The maximum Gasteiger partial charge on any atom is 0.287 e. The van der Waals surface area contributed by atoms with Crippen molar-refractivity contribution in [3.63, 3.8) is 0 Å². The van der Waals surface area contributed by atoms with E-state index in [4.69, 9.17) is 27.6 Å². The van der Waals surface area contributed by atoms with Gasteiger partial charge in [-0.25, -0.2) is 0 Å². The molecule has 0 fully saturated rings. The first kappa shape index (κ1) is 16.6. The van der Waals surface area contributed by atoms with E-state index < -0.39 is 0 Å². The zero-order valence-electron chi connectivity index (χ0n) is 12.8. The van der Waals surface area contributed by atoms with Crippen LogP contribution in [0.25, 0.3) is 11.1 Å². The first-order valence-electron chi connectivity index (χ1n) is 7.51. The van der Waals surface area contributed by atoms with Gasteiger partial charge in [-0.3, -0.25) is 4.79 Å². The predicted molar refractivity (Wildman–Crippen MR) is 96.6 cm³/mol. The summed E-state index contributed by atoms with van der Waals surface area (Å²) in [6, 6.07) is 16.9. The largest absolute Gasteiger partial charge is 0.459 e. The molecule has 5 heteroatoms. The third-order valence-electron chi connectivity index (χ3n) is 3.67. The maximum absolute atomic E-state index is 12.4. The summed E-state index contributed by atoms with van der Waals surface area (Å²) in [5.41, 5.74) is 2.61. The molecule has 2 aromatic carbocycles. The highest BCUT2D eigenvalue weighted by Crippen LogP contribution is 2.26. The minimum atomic E-state index is -0.253. The van der Waals surface area contributed by atoms with Crippen LogP contribution in [0.4, 0.5) is 0 Å². The van der Waals surface area contributed by atoms with Crippen LogP contribution >= 0.6 is 23.2 Å². The minimum absolute atomic E-state index is 0.253. The highest BCUT2D eigenvalue weighted by Gasteiger charge is 2.16. The van der Waals surface area contributed by atoms with Gasteiger partial charge in [-0.05, 0) is 29.7 Å². The standard InChI is InChI=1S/C19H15Cl2NO2/c20-16-8-4-7-14(17(16)21)9-11-22-19(23)18-15(10-12-24-18)13-5-2-1-3-6-13/h1-8,10,12H,9,11H2,(H,22,23). The van der Waals surface area contributed by atoms with E-state index >= 15 is 0 Å². The van der Waals surface area contributed by atoms with Crippen molar-refractivity contribution in [3.8, 4) is 11.1 Å². The lowest BCUT2D eigenvalue weighted by molar-refractivity contribution is 0.0927. The Morgan fingerprint density at radius 3 is 2.58 bits per heavy atom. The molecule has 0 radical (unpaired) electrons. The maximum atomic E-state index is 12.4. The van der Waals surface area contributed by atoms with E-state index in [1.54, 1.807) is 12.1 Å². The first-order chi connectivity index (χ1) is 11.7. The van der Waals surface area contributed by atoms with Gasteiger partial charge in [0.15, 0.2) is 5.76 Å². The van der Waals surface area contributed by atoms with Crippen molar-refractivity contribution < 1.29 is 9.21 Å². The van der Waals surface area contributed by atoms with Crippen molar-refractivity contribution in [3.05, 3.63) is 82.2 Å². The van der Waals surface area contributed by atoms with E-state index in [-0.39, 0.29) is 5.91 Å². The van der Waals surface area contributed by atoms with Gasteiger partial charge < -0.3 is 9.73 Å². The molecule has 1 heterocycles. The summed E-state index contributed by atoms with van der Waals surface area (Å²) in [5.74, 6) is 0.0513. The second kappa shape index (κ2) is 7.56. The number of nitrogens with one attached hydrogen (secondary N) is 1. The average Bonchev–Trinajstić information content (AvgIpc) is 3.09. The lowest BCUT2D eigenvalue weighted by atomic mass is 10.1. The number of carbonyl (C=O) groups is 1. The second-order valence-electron chi connectivity index (χ2n) is 5.25. The topological polar surface area (TPSA) is 42.2 Å². The van der Waals surface area contributed by atoms with Crippen molar-refractivity contribution in [1.29, 1.82) is 0 Å². The van der Waals surface area contributed by atoms with Crippen LogP contribution in [0.1, 0.15) is 16.1 Å². The first-order valence-corrected chi connectivity index (χ1v) is 8.26. The highest BCUT2D eigenvalue weighted by molar-refractivity contribution is 6.42. The van der Waals surface area contributed by atoms with Crippen LogP contribution in [0.15, 0.2) is 65.3 Å². The molecule has 1 N–H and O–H groups in total. The fourth-order valence-electron chi connectivity index (χ4n) is 2.46. The van der Waals surface area contributed by atoms with Gasteiger partial charge in [-0.15, -0.1) is 0 Å². The molecular formula is C19H15Cl2NO2. The van der Waals surface area contributed by atoms with E-state index in [9.17, 15) is 4.79 Å². The van der Waals surface area contributed by atoms with E-state index in [1.807, 2.05) is 42.5 Å². The molecule has 0 aliphatic heterocycles. The van der Waals surface area contributed by atoms with E-state index in [0.717, 1.165) is 16.7 Å². The minimum Gasteiger partial charge on any atom is -0.459 e. The van der Waals surface area contributed by atoms with E-state index in [1.165, 1.54) is 6.26 Å². The number of amides is 1. The summed E-state index contributed by atoms with van der Waals surface area (Å²) in [6.07, 6.45) is 2.11. The van der Waals surface area contributed by atoms with Crippen LogP contribution in [-0.2, 0) is 6.42 Å². The smallest absolute Gasteiger partial charge is 0.287 e. The van der Waals surface area contributed by atoms with Gasteiger partial charge in [0, 0.05) is 12.1 Å². The van der Waals surface area contributed by atoms with Crippen molar-refractivity contribution in [2.24, 2.45) is 0 Å². The Balaban J connectivity index is 1.66. The molecule has 1 amide bonds. The molecule has 0 aliphatic rings.